The molecule has 1 aromatic carbocycles. The van der Waals surface area contributed by atoms with Gasteiger partial charge in [-0.25, -0.2) is 0 Å². The van der Waals surface area contributed by atoms with Gasteiger partial charge in [-0.05, 0) is 24.1 Å². The van der Waals surface area contributed by atoms with Crippen LogP contribution in [0.5, 0.6) is 5.75 Å². The summed E-state index contributed by atoms with van der Waals surface area (Å²) in [5.41, 5.74) is 0.524. The maximum atomic E-state index is 11.9. The van der Waals surface area contributed by atoms with Gasteiger partial charge in [0.15, 0.2) is 6.10 Å². The highest BCUT2D eigenvalue weighted by Crippen LogP contribution is 2.17. The lowest BCUT2D eigenvalue weighted by molar-refractivity contribution is -0.129. The van der Waals surface area contributed by atoms with Gasteiger partial charge in [0.05, 0.1) is 13.7 Å². The number of carbonyl (C=O) groups excluding carboxylic acids is 2. The maximum absolute atomic E-state index is 11.9. The van der Waals surface area contributed by atoms with E-state index in [2.05, 4.69) is 10.6 Å². The van der Waals surface area contributed by atoms with Crippen LogP contribution in [0.3, 0.4) is 0 Å². The number of carbonyl (C=O) groups is 2. The zero-order valence-corrected chi connectivity index (χ0v) is 13.2. The predicted octanol–water partition coefficient (Wildman–Crippen LogP) is -0.333. The third-order valence-electron chi connectivity index (χ3n) is 3.75. The van der Waals surface area contributed by atoms with Crippen molar-refractivity contribution < 1.29 is 19.4 Å². The SMILES string of the molecule is COc1ccc([C@@H](O)C(=O)NCCCN2CCNC(=O)C2)cc1. The molecule has 2 rings (SSSR count). The predicted molar refractivity (Wildman–Crippen MR) is 85.0 cm³/mol. The molecule has 1 aliphatic heterocycles. The van der Waals surface area contributed by atoms with Gasteiger partial charge in [-0.2, -0.15) is 0 Å². The molecule has 3 N–H and O–H groups in total. The van der Waals surface area contributed by atoms with Crippen LogP contribution in [0.1, 0.15) is 18.1 Å². The molecular formula is C16H23N3O4. The molecule has 0 saturated carbocycles. The Morgan fingerprint density at radius 1 is 1.43 bits per heavy atom. The molecule has 0 radical (unpaired) electrons. The summed E-state index contributed by atoms with van der Waals surface area (Å²) in [7, 11) is 1.56. The van der Waals surface area contributed by atoms with E-state index in [4.69, 9.17) is 4.74 Å². The van der Waals surface area contributed by atoms with E-state index in [1.807, 2.05) is 4.90 Å². The summed E-state index contributed by atoms with van der Waals surface area (Å²) < 4.78 is 5.04. The molecule has 1 saturated heterocycles. The quantitative estimate of drug-likeness (QED) is 0.598. The third-order valence-corrected chi connectivity index (χ3v) is 3.75. The van der Waals surface area contributed by atoms with Crippen molar-refractivity contribution >= 4 is 11.8 Å². The van der Waals surface area contributed by atoms with Crippen LogP contribution in [0, 0.1) is 0 Å². The number of hydrogen-bond acceptors (Lipinski definition) is 5. The summed E-state index contributed by atoms with van der Waals surface area (Å²) in [5, 5.41) is 15.5. The second kappa shape index (κ2) is 8.50. The summed E-state index contributed by atoms with van der Waals surface area (Å²) in [6.45, 7) is 3.11. The Morgan fingerprint density at radius 2 is 2.17 bits per heavy atom. The second-order valence-electron chi connectivity index (χ2n) is 5.45. The fourth-order valence-electron chi connectivity index (χ4n) is 2.43. The molecule has 0 bridgehead atoms. The molecule has 0 aromatic heterocycles. The first-order chi connectivity index (χ1) is 11.1. The molecule has 1 atom stereocenters. The summed E-state index contributed by atoms with van der Waals surface area (Å²) in [6, 6.07) is 6.73. The van der Waals surface area contributed by atoms with E-state index in [1.54, 1.807) is 31.4 Å². The van der Waals surface area contributed by atoms with E-state index >= 15 is 0 Å². The van der Waals surface area contributed by atoms with Crippen LogP contribution < -0.4 is 15.4 Å². The molecule has 7 heteroatoms. The normalized spacial score (nSPS) is 16.5. The van der Waals surface area contributed by atoms with Crippen LogP contribution in [0.4, 0.5) is 0 Å². The first-order valence-corrected chi connectivity index (χ1v) is 7.69. The summed E-state index contributed by atoms with van der Waals surface area (Å²) in [4.78, 5) is 25.2. The first kappa shape index (κ1) is 17.2. The van der Waals surface area contributed by atoms with Crippen molar-refractivity contribution in [2.24, 2.45) is 0 Å². The van der Waals surface area contributed by atoms with Crippen LogP contribution in [-0.4, -0.2) is 61.7 Å². The first-order valence-electron chi connectivity index (χ1n) is 7.69. The molecule has 1 aliphatic rings. The average molecular weight is 321 g/mol. The fraction of sp³-hybridized carbons (Fsp3) is 0.500. The number of aliphatic hydroxyl groups is 1. The highest BCUT2D eigenvalue weighted by molar-refractivity contribution is 5.81. The number of benzene rings is 1. The van der Waals surface area contributed by atoms with Crippen molar-refractivity contribution in [3.63, 3.8) is 0 Å². The Kier molecular flexibility index (Phi) is 6.37. The van der Waals surface area contributed by atoms with Crippen molar-refractivity contribution in [1.82, 2.24) is 15.5 Å². The monoisotopic (exact) mass is 321 g/mol. The van der Waals surface area contributed by atoms with Crippen LogP contribution in [0.2, 0.25) is 0 Å². The molecule has 23 heavy (non-hydrogen) atoms. The molecule has 2 amide bonds. The Morgan fingerprint density at radius 3 is 2.83 bits per heavy atom. The molecule has 1 heterocycles. The second-order valence-corrected chi connectivity index (χ2v) is 5.45. The number of methoxy groups -OCH3 is 1. The highest BCUT2D eigenvalue weighted by Gasteiger charge is 2.18. The number of amides is 2. The Bertz CT molecular complexity index is 533. The Hall–Kier alpha value is -2.12. The van der Waals surface area contributed by atoms with Crippen molar-refractivity contribution in [2.45, 2.75) is 12.5 Å². The number of hydrogen-bond donors (Lipinski definition) is 3. The Balaban J connectivity index is 1.70. The van der Waals surface area contributed by atoms with Crippen LogP contribution in [0.25, 0.3) is 0 Å². The van der Waals surface area contributed by atoms with Gasteiger partial charge >= 0.3 is 0 Å². The van der Waals surface area contributed by atoms with Gasteiger partial charge < -0.3 is 20.5 Å². The molecule has 126 valence electrons. The molecule has 0 spiro atoms. The molecule has 0 aliphatic carbocycles. The summed E-state index contributed by atoms with van der Waals surface area (Å²) in [6.07, 6.45) is -0.462. The largest absolute Gasteiger partial charge is 0.497 e. The Labute approximate surface area is 135 Å². The lowest BCUT2D eigenvalue weighted by Gasteiger charge is -2.26. The van der Waals surface area contributed by atoms with Crippen molar-refractivity contribution in [3.8, 4) is 5.75 Å². The number of nitrogens with one attached hydrogen (secondary N) is 2. The van der Waals surface area contributed by atoms with Crippen LogP contribution in [0.15, 0.2) is 24.3 Å². The van der Waals surface area contributed by atoms with E-state index in [0.29, 0.717) is 30.9 Å². The molecule has 1 aromatic rings. The standard InChI is InChI=1S/C16H23N3O4/c1-23-13-5-3-12(4-6-13)15(21)16(22)18-7-2-9-19-10-8-17-14(20)11-19/h3-6,15,21H,2,7-11H2,1H3,(H,17,20)(H,18,22)/t15-/m1/s1. The van der Waals surface area contributed by atoms with Gasteiger partial charge in [0, 0.05) is 26.2 Å². The lowest BCUT2D eigenvalue weighted by atomic mass is 10.1. The van der Waals surface area contributed by atoms with Crippen LogP contribution in [-0.2, 0) is 9.59 Å². The van der Waals surface area contributed by atoms with Gasteiger partial charge in [0.25, 0.3) is 5.91 Å². The minimum Gasteiger partial charge on any atom is -0.497 e. The van der Waals surface area contributed by atoms with E-state index in [9.17, 15) is 14.7 Å². The van der Waals surface area contributed by atoms with Gasteiger partial charge in [-0.1, -0.05) is 12.1 Å². The van der Waals surface area contributed by atoms with Gasteiger partial charge in [0.2, 0.25) is 5.91 Å². The summed E-state index contributed by atoms with van der Waals surface area (Å²) in [5.74, 6) is 0.286. The van der Waals surface area contributed by atoms with E-state index < -0.39 is 12.0 Å². The van der Waals surface area contributed by atoms with Crippen molar-refractivity contribution in [2.75, 3.05) is 39.8 Å². The van der Waals surface area contributed by atoms with Gasteiger partial charge in [0.1, 0.15) is 5.75 Å². The minimum atomic E-state index is -1.19. The molecular weight excluding hydrogens is 298 g/mol. The smallest absolute Gasteiger partial charge is 0.253 e. The average Bonchev–Trinajstić information content (AvgIpc) is 2.58. The van der Waals surface area contributed by atoms with E-state index in [0.717, 1.165) is 19.5 Å². The third kappa shape index (κ3) is 5.22. The fourth-order valence-corrected chi connectivity index (χ4v) is 2.43. The molecule has 7 nitrogen and oxygen atoms in total. The minimum absolute atomic E-state index is 0.0372. The maximum Gasteiger partial charge on any atom is 0.253 e. The lowest BCUT2D eigenvalue weighted by Crippen LogP contribution is -2.48. The number of piperazine rings is 1. The van der Waals surface area contributed by atoms with Crippen LogP contribution >= 0.6 is 0 Å². The summed E-state index contributed by atoms with van der Waals surface area (Å²) >= 11 is 0. The number of nitrogens with zero attached hydrogens (tertiary/aromatic N) is 1. The number of ether oxygens (including phenoxy) is 1. The van der Waals surface area contributed by atoms with E-state index in [-0.39, 0.29) is 5.91 Å². The zero-order chi connectivity index (χ0) is 16.7. The number of aliphatic hydroxyl groups excluding tert-OH is 1. The molecule has 0 unspecified atom stereocenters. The molecule has 1 fully saturated rings. The highest BCUT2D eigenvalue weighted by atomic mass is 16.5. The van der Waals surface area contributed by atoms with Crippen molar-refractivity contribution in [3.05, 3.63) is 29.8 Å². The van der Waals surface area contributed by atoms with Gasteiger partial charge in [-0.3, -0.25) is 14.5 Å². The zero-order valence-electron chi connectivity index (χ0n) is 13.2. The van der Waals surface area contributed by atoms with Crippen molar-refractivity contribution in [1.29, 1.82) is 0 Å². The van der Waals surface area contributed by atoms with Gasteiger partial charge in [-0.15, -0.1) is 0 Å². The van der Waals surface area contributed by atoms with E-state index in [1.165, 1.54) is 0 Å². The number of rotatable bonds is 7. The topological polar surface area (TPSA) is 90.9 Å².